The molecular formula is C21H21N5O2. The number of benzene rings is 1. The fraction of sp³-hybridized carbons (Fsp3) is 0.238. The lowest BCUT2D eigenvalue weighted by atomic mass is 10.1. The molecule has 1 aromatic carbocycles. The molecule has 0 N–H and O–H groups in total. The summed E-state index contributed by atoms with van der Waals surface area (Å²) in [6.45, 7) is 3.28. The first kappa shape index (κ1) is 17.9. The van der Waals surface area contributed by atoms with Gasteiger partial charge in [-0.05, 0) is 41.8 Å². The number of aromatic nitrogens is 4. The largest absolute Gasteiger partial charge is 0.497 e. The SMILES string of the molecule is COc1ccc(CCN(Cc2ccncc2)c2ncnc3oc(C)nc23)cc1. The summed E-state index contributed by atoms with van der Waals surface area (Å²) in [6.07, 6.45) is 5.98. The quantitative estimate of drug-likeness (QED) is 0.488. The zero-order valence-corrected chi connectivity index (χ0v) is 15.9. The van der Waals surface area contributed by atoms with E-state index in [0.29, 0.717) is 23.7 Å². The number of aryl methyl sites for hydroxylation is 1. The van der Waals surface area contributed by atoms with E-state index >= 15 is 0 Å². The molecule has 0 aliphatic heterocycles. The van der Waals surface area contributed by atoms with Crippen molar-refractivity contribution in [2.75, 3.05) is 18.6 Å². The summed E-state index contributed by atoms with van der Waals surface area (Å²) >= 11 is 0. The number of pyridine rings is 1. The van der Waals surface area contributed by atoms with E-state index in [4.69, 9.17) is 9.15 Å². The van der Waals surface area contributed by atoms with E-state index in [1.807, 2.05) is 31.2 Å². The molecule has 3 aromatic heterocycles. The van der Waals surface area contributed by atoms with E-state index in [2.05, 4.69) is 37.0 Å². The second-order valence-corrected chi connectivity index (χ2v) is 6.46. The molecule has 0 radical (unpaired) electrons. The van der Waals surface area contributed by atoms with Gasteiger partial charge >= 0.3 is 0 Å². The van der Waals surface area contributed by atoms with Gasteiger partial charge in [0.2, 0.25) is 0 Å². The molecule has 4 aromatic rings. The molecule has 142 valence electrons. The van der Waals surface area contributed by atoms with Crippen LogP contribution in [0.25, 0.3) is 11.2 Å². The second kappa shape index (κ2) is 8.04. The Morgan fingerprint density at radius 3 is 2.54 bits per heavy atom. The highest BCUT2D eigenvalue weighted by molar-refractivity contribution is 5.81. The lowest BCUT2D eigenvalue weighted by molar-refractivity contribution is 0.414. The summed E-state index contributed by atoms with van der Waals surface area (Å²) in [5.41, 5.74) is 3.56. The van der Waals surface area contributed by atoms with Crippen LogP contribution >= 0.6 is 0 Å². The van der Waals surface area contributed by atoms with E-state index in [-0.39, 0.29) is 0 Å². The highest BCUT2D eigenvalue weighted by Gasteiger charge is 2.17. The van der Waals surface area contributed by atoms with E-state index in [0.717, 1.165) is 30.1 Å². The number of fused-ring (bicyclic) bond motifs is 1. The van der Waals surface area contributed by atoms with Gasteiger partial charge in [-0.2, -0.15) is 4.98 Å². The molecule has 0 unspecified atom stereocenters. The maximum atomic E-state index is 5.58. The number of methoxy groups -OCH3 is 1. The highest BCUT2D eigenvalue weighted by atomic mass is 16.5. The molecule has 0 aliphatic carbocycles. The Bertz CT molecular complexity index is 1050. The van der Waals surface area contributed by atoms with Gasteiger partial charge in [0.1, 0.15) is 12.1 Å². The molecule has 0 bridgehead atoms. The van der Waals surface area contributed by atoms with E-state index < -0.39 is 0 Å². The Hall–Kier alpha value is -3.48. The van der Waals surface area contributed by atoms with Crippen molar-refractivity contribution in [1.82, 2.24) is 19.9 Å². The van der Waals surface area contributed by atoms with Crippen LogP contribution in [0.2, 0.25) is 0 Å². The van der Waals surface area contributed by atoms with Crippen LogP contribution in [0.3, 0.4) is 0 Å². The van der Waals surface area contributed by atoms with E-state index in [9.17, 15) is 0 Å². The van der Waals surface area contributed by atoms with Crippen LogP contribution in [0.1, 0.15) is 17.0 Å². The number of ether oxygens (including phenoxy) is 1. The zero-order chi connectivity index (χ0) is 19.3. The van der Waals surface area contributed by atoms with Crippen LogP contribution in [0, 0.1) is 6.92 Å². The fourth-order valence-electron chi connectivity index (χ4n) is 3.10. The molecule has 7 heteroatoms. The van der Waals surface area contributed by atoms with Gasteiger partial charge in [0.15, 0.2) is 17.2 Å². The number of hydrogen-bond acceptors (Lipinski definition) is 7. The minimum absolute atomic E-state index is 0.506. The van der Waals surface area contributed by atoms with Crippen molar-refractivity contribution < 1.29 is 9.15 Å². The lowest BCUT2D eigenvalue weighted by Crippen LogP contribution is -2.26. The Labute approximate surface area is 163 Å². The summed E-state index contributed by atoms with van der Waals surface area (Å²) in [5, 5.41) is 0. The van der Waals surface area contributed by atoms with Gasteiger partial charge in [0, 0.05) is 32.4 Å². The van der Waals surface area contributed by atoms with Gasteiger partial charge in [0.25, 0.3) is 5.71 Å². The van der Waals surface area contributed by atoms with Crippen LogP contribution in [0.15, 0.2) is 59.5 Å². The van der Waals surface area contributed by atoms with Gasteiger partial charge < -0.3 is 14.1 Å². The summed E-state index contributed by atoms with van der Waals surface area (Å²) in [6, 6.07) is 12.1. The number of anilines is 1. The molecule has 3 heterocycles. The Morgan fingerprint density at radius 1 is 1.00 bits per heavy atom. The predicted molar refractivity (Wildman–Crippen MR) is 106 cm³/mol. The Kier molecular flexibility index (Phi) is 5.14. The second-order valence-electron chi connectivity index (χ2n) is 6.46. The minimum Gasteiger partial charge on any atom is -0.497 e. The Balaban J connectivity index is 1.62. The maximum Gasteiger partial charge on any atom is 0.252 e. The molecule has 0 saturated heterocycles. The fourth-order valence-corrected chi connectivity index (χ4v) is 3.10. The first-order valence-corrected chi connectivity index (χ1v) is 9.08. The van der Waals surface area contributed by atoms with Crippen molar-refractivity contribution in [2.45, 2.75) is 19.9 Å². The number of nitrogens with zero attached hydrogens (tertiary/aromatic N) is 5. The third-order valence-electron chi connectivity index (χ3n) is 4.53. The van der Waals surface area contributed by atoms with Crippen molar-refractivity contribution in [1.29, 1.82) is 0 Å². The molecule has 0 fully saturated rings. The third kappa shape index (κ3) is 3.93. The normalized spacial score (nSPS) is 10.9. The first-order valence-electron chi connectivity index (χ1n) is 9.08. The van der Waals surface area contributed by atoms with Crippen molar-refractivity contribution in [3.63, 3.8) is 0 Å². The van der Waals surface area contributed by atoms with Crippen molar-refractivity contribution >= 4 is 17.0 Å². The molecule has 0 amide bonds. The van der Waals surface area contributed by atoms with Crippen LogP contribution in [0.5, 0.6) is 5.75 Å². The molecule has 0 atom stereocenters. The number of hydrogen-bond donors (Lipinski definition) is 0. The van der Waals surface area contributed by atoms with Crippen LogP contribution in [0.4, 0.5) is 5.82 Å². The van der Waals surface area contributed by atoms with Gasteiger partial charge in [-0.1, -0.05) is 12.1 Å². The summed E-state index contributed by atoms with van der Waals surface area (Å²) in [4.78, 5) is 19.5. The van der Waals surface area contributed by atoms with Crippen LogP contribution < -0.4 is 9.64 Å². The smallest absolute Gasteiger partial charge is 0.252 e. The molecule has 7 nitrogen and oxygen atoms in total. The van der Waals surface area contributed by atoms with Gasteiger partial charge in [0.05, 0.1) is 7.11 Å². The van der Waals surface area contributed by atoms with Gasteiger partial charge in [-0.15, -0.1) is 0 Å². The topological polar surface area (TPSA) is 77.2 Å². The Morgan fingerprint density at radius 2 is 1.79 bits per heavy atom. The maximum absolute atomic E-state index is 5.58. The average Bonchev–Trinajstić information content (AvgIpc) is 3.12. The summed E-state index contributed by atoms with van der Waals surface area (Å²) in [5.74, 6) is 2.20. The van der Waals surface area contributed by atoms with Crippen LogP contribution in [-0.2, 0) is 13.0 Å². The third-order valence-corrected chi connectivity index (χ3v) is 4.53. The van der Waals surface area contributed by atoms with Crippen molar-refractivity contribution in [3.8, 4) is 5.75 Å². The standard InChI is InChI=1S/C21H21N5O2/c1-15-25-19-20(23-14-24-21(19)28-15)26(13-17-7-10-22-11-8-17)12-9-16-3-5-18(27-2)6-4-16/h3-8,10-11,14H,9,12-13H2,1-2H3. The van der Waals surface area contributed by atoms with Crippen molar-refractivity contribution in [3.05, 3.63) is 72.1 Å². The van der Waals surface area contributed by atoms with Crippen molar-refractivity contribution in [2.24, 2.45) is 0 Å². The van der Waals surface area contributed by atoms with Crippen LogP contribution in [-0.4, -0.2) is 33.6 Å². The predicted octanol–water partition coefficient (Wildman–Crippen LogP) is 3.58. The van der Waals surface area contributed by atoms with E-state index in [1.165, 1.54) is 11.9 Å². The first-order chi connectivity index (χ1) is 13.7. The molecule has 0 saturated carbocycles. The summed E-state index contributed by atoms with van der Waals surface area (Å²) in [7, 11) is 1.67. The molecule has 4 rings (SSSR count). The number of rotatable bonds is 7. The zero-order valence-electron chi connectivity index (χ0n) is 15.9. The lowest BCUT2D eigenvalue weighted by Gasteiger charge is -2.24. The molecule has 28 heavy (non-hydrogen) atoms. The monoisotopic (exact) mass is 375 g/mol. The minimum atomic E-state index is 0.506. The van der Waals surface area contributed by atoms with Gasteiger partial charge in [-0.3, -0.25) is 4.98 Å². The van der Waals surface area contributed by atoms with Gasteiger partial charge in [-0.25, -0.2) is 9.97 Å². The van der Waals surface area contributed by atoms with E-state index in [1.54, 1.807) is 19.5 Å². The highest BCUT2D eigenvalue weighted by Crippen LogP contribution is 2.25. The summed E-state index contributed by atoms with van der Waals surface area (Å²) < 4.78 is 10.8. The number of oxazole rings is 1. The molecule has 0 spiro atoms. The molecular weight excluding hydrogens is 354 g/mol. The average molecular weight is 375 g/mol. The molecule has 0 aliphatic rings.